The van der Waals surface area contributed by atoms with E-state index < -0.39 is 10.9 Å². The number of amides is 1. The number of carbonyl (C=O) groups excluding carboxylic acids is 1. The second-order valence-electron chi connectivity index (χ2n) is 6.70. The number of furan rings is 1. The fourth-order valence-corrected chi connectivity index (χ4v) is 4.25. The Morgan fingerprint density at radius 1 is 1.26 bits per heavy atom. The zero-order chi connectivity index (χ0) is 22.5. The van der Waals surface area contributed by atoms with Crippen molar-refractivity contribution < 1.29 is 29.1 Å². The van der Waals surface area contributed by atoms with Gasteiger partial charge in [0.05, 0.1) is 21.5 Å². The third kappa shape index (κ3) is 5.50. The summed E-state index contributed by atoms with van der Waals surface area (Å²) >= 11 is 6.43. The third-order valence-electron chi connectivity index (χ3n) is 4.50. The van der Waals surface area contributed by atoms with E-state index in [9.17, 15) is 24.8 Å². The summed E-state index contributed by atoms with van der Waals surface area (Å²) in [6, 6.07) is 6.91. The molecule has 1 fully saturated rings. The molecule has 162 valence electrons. The molecule has 0 bridgehead atoms. The first-order chi connectivity index (χ1) is 14.8. The van der Waals surface area contributed by atoms with Crippen LogP contribution in [-0.4, -0.2) is 42.8 Å². The SMILES string of the molecule is O=C(O)CCCCCN1C(=O)C(=Cc2ccc(-c3ccc([N+](=O)[O-])cc3O)o2)SC1=S. The Morgan fingerprint density at radius 3 is 2.71 bits per heavy atom. The van der Waals surface area contributed by atoms with Crippen LogP contribution in [0.15, 0.2) is 39.7 Å². The van der Waals surface area contributed by atoms with Crippen molar-refractivity contribution in [1.82, 2.24) is 4.90 Å². The minimum atomic E-state index is -0.839. The van der Waals surface area contributed by atoms with Crippen molar-refractivity contribution in [2.45, 2.75) is 25.7 Å². The summed E-state index contributed by atoms with van der Waals surface area (Å²) in [5.41, 5.74) is 0.0545. The zero-order valence-corrected chi connectivity index (χ0v) is 17.8. The van der Waals surface area contributed by atoms with Crippen LogP contribution in [-0.2, 0) is 9.59 Å². The number of non-ortho nitro benzene ring substituents is 1. The molecule has 3 rings (SSSR count). The number of benzene rings is 1. The average molecular weight is 463 g/mol. The highest BCUT2D eigenvalue weighted by Gasteiger charge is 2.31. The van der Waals surface area contributed by atoms with E-state index >= 15 is 0 Å². The van der Waals surface area contributed by atoms with Gasteiger partial charge in [0.2, 0.25) is 0 Å². The Hall–Kier alpha value is -3.18. The predicted molar refractivity (Wildman–Crippen MR) is 118 cm³/mol. The van der Waals surface area contributed by atoms with E-state index in [0.29, 0.717) is 52.1 Å². The maximum atomic E-state index is 12.6. The number of nitro groups is 1. The monoisotopic (exact) mass is 462 g/mol. The number of phenols is 1. The number of phenolic OH excluding ortho intramolecular Hbond substituents is 1. The number of hydrogen-bond donors (Lipinski definition) is 2. The molecule has 0 unspecified atom stereocenters. The minimum absolute atomic E-state index is 0.101. The maximum Gasteiger partial charge on any atom is 0.303 e. The van der Waals surface area contributed by atoms with Crippen LogP contribution >= 0.6 is 24.0 Å². The molecule has 1 amide bonds. The molecular weight excluding hydrogens is 444 g/mol. The van der Waals surface area contributed by atoms with Crippen LogP contribution in [0.4, 0.5) is 5.69 Å². The first-order valence-electron chi connectivity index (χ1n) is 9.31. The number of hydrogen-bond acceptors (Lipinski definition) is 8. The lowest BCUT2D eigenvalue weighted by molar-refractivity contribution is -0.384. The average Bonchev–Trinajstić information content (AvgIpc) is 3.27. The molecule has 0 saturated carbocycles. The van der Waals surface area contributed by atoms with Gasteiger partial charge in [-0.05, 0) is 31.0 Å². The van der Waals surface area contributed by atoms with Crippen LogP contribution in [0, 0.1) is 10.1 Å². The number of carbonyl (C=O) groups is 2. The number of nitrogens with zero attached hydrogens (tertiary/aromatic N) is 2. The molecular formula is C20H18N2O7S2. The van der Waals surface area contributed by atoms with Crippen LogP contribution in [0.1, 0.15) is 31.4 Å². The quantitative estimate of drug-likeness (QED) is 0.183. The summed E-state index contributed by atoms with van der Waals surface area (Å²) in [5.74, 6) is -0.704. The van der Waals surface area contributed by atoms with Crippen LogP contribution in [0.25, 0.3) is 17.4 Å². The fraction of sp³-hybridized carbons (Fsp3) is 0.250. The highest BCUT2D eigenvalue weighted by molar-refractivity contribution is 8.26. The molecule has 1 saturated heterocycles. The Morgan fingerprint density at radius 2 is 2.03 bits per heavy atom. The Balaban J connectivity index is 1.67. The summed E-state index contributed by atoms with van der Waals surface area (Å²) in [5, 5.41) is 29.5. The molecule has 1 aliphatic heterocycles. The topological polar surface area (TPSA) is 134 Å². The summed E-state index contributed by atoms with van der Waals surface area (Å²) in [6.07, 6.45) is 3.53. The number of aromatic hydroxyl groups is 1. The van der Waals surface area contributed by atoms with E-state index in [0.717, 1.165) is 17.8 Å². The molecule has 0 radical (unpaired) electrons. The van der Waals surface area contributed by atoms with E-state index in [1.165, 1.54) is 17.0 Å². The van der Waals surface area contributed by atoms with Crippen molar-refractivity contribution in [3.8, 4) is 17.1 Å². The van der Waals surface area contributed by atoms with Crippen LogP contribution < -0.4 is 0 Å². The van der Waals surface area contributed by atoms with Crippen molar-refractivity contribution in [2.24, 2.45) is 0 Å². The number of aliphatic carboxylic acids is 1. The fourth-order valence-electron chi connectivity index (χ4n) is 2.96. The van der Waals surface area contributed by atoms with Crippen LogP contribution in [0.5, 0.6) is 5.75 Å². The number of thiocarbonyl (C=S) groups is 1. The number of unbranched alkanes of at least 4 members (excludes halogenated alkanes) is 2. The van der Waals surface area contributed by atoms with Crippen molar-refractivity contribution in [2.75, 3.05) is 6.54 Å². The van der Waals surface area contributed by atoms with Gasteiger partial charge in [-0.1, -0.05) is 30.4 Å². The third-order valence-corrected chi connectivity index (χ3v) is 5.88. The van der Waals surface area contributed by atoms with Gasteiger partial charge in [-0.15, -0.1) is 0 Å². The van der Waals surface area contributed by atoms with Gasteiger partial charge in [0.25, 0.3) is 11.6 Å². The number of rotatable bonds is 9. The largest absolute Gasteiger partial charge is 0.507 e. The van der Waals surface area contributed by atoms with Gasteiger partial charge in [-0.25, -0.2) is 0 Å². The highest BCUT2D eigenvalue weighted by atomic mass is 32.2. The first-order valence-corrected chi connectivity index (χ1v) is 10.5. The van der Waals surface area contributed by atoms with E-state index in [4.69, 9.17) is 21.7 Å². The number of nitro benzene ring substituents is 1. The molecule has 2 N–H and O–H groups in total. The van der Waals surface area contributed by atoms with Crippen molar-refractivity contribution in [3.05, 3.63) is 51.1 Å². The molecule has 2 heterocycles. The van der Waals surface area contributed by atoms with Crippen molar-refractivity contribution >= 4 is 51.9 Å². The minimum Gasteiger partial charge on any atom is -0.507 e. The van der Waals surface area contributed by atoms with Gasteiger partial charge in [0.1, 0.15) is 21.6 Å². The van der Waals surface area contributed by atoms with Crippen LogP contribution in [0.3, 0.4) is 0 Å². The lowest BCUT2D eigenvalue weighted by atomic mass is 10.1. The van der Waals surface area contributed by atoms with Crippen LogP contribution in [0.2, 0.25) is 0 Å². The van der Waals surface area contributed by atoms with Crippen molar-refractivity contribution in [1.29, 1.82) is 0 Å². The smallest absolute Gasteiger partial charge is 0.303 e. The Bertz CT molecular complexity index is 1080. The second-order valence-corrected chi connectivity index (χ2v) is 8.37. The summed E-state index contributed by atoms with van der Waals surface area (Å²) < 4.78 is 6.10. The van der Waals surface area contributed by atoms with Gasteiger partial charge < -0.3 is 14.6 Å². The molecule has 2 aromatic rings. The molecule has 0 aliphatic carbocycles. The second kappa shape index (κ2) is 9.75. The summed E-state index contributed by atoms with van der Waals surface area (Å²) in [6.45, 7) is 0.418. The van der Waals surface area contributed by atoms with Gasteiger partial charge in [-0.3, -0.25) is 24.6 Å². The van der Waals surface area contributed by atoms with Gasteiger partial charge in [-0.2, -0.15) is 0 Å². The van der Waals surface area contributed by atoms with E-state index in [-0.39, 0.29) is 23.8 Å². The summed E-state index contributed by atoms with van der Waals surface area (Å²) in [4.78, 5) is 35.3. The van der Waals surface area contributed by atoms with Gasteiger partial charge in [0, 0.05) is 25.1 Å². The lowest BCUT2D eigenvalue weighted by Gasteiger charge is -2.13. The molecule has 9 nitrogen and oxygen atoms in total. The molecule has 1 aromatic carbocycles. The number of carboxylic acid groups (broad SMARTS) is 1. The first kappa shape index (κ1) is 22.5. The normalized spacial score (nSPS) is 15.1. The molecule has 31 heavy (non-hydrogen) atoms. The van der Waals surface area contributed by atoms with E-state index in [1.807, 2.05) is 0 Å². The van der Waals surface area contributed by atoms with E-state index in [1.54, 1.807) is 18.2 Å². The Kier molecular flexibility index (Phi) is 7.08. The molecule has 1 aliphatic rings. The molecule has 1 aromatic heterocycles. The molecule has 0 atom stereocenters. The van der Waals surface area contributed by atoms with E-state index in [2.05, 4.69) is 0 Å². The maximum absolute atomic E-state index is 12.6. The summed E-state index contributed by atoms with van der Waals surface area (Å²) in [7, 11) is 0. The molecule has 0 spiro atoms. The van der Waals surface area contributed by atoms with Gasteiger partial charge in [0.15, 0.2) is 0 Å². The predicted octanol–water partition coefficient (Wildman–Crippen LogP) is 4.41. The Labute approximate surface area is 186 Å². The lowest BCUT2D eigenvalue weighted by Crippen LogP contribution is -2.29. The number of thioether (sulfide) groups is 1. The standard InChI is InChI=1S/C20H18N2O7S2/c23-15-10-12(22(27)28)5-7-14(15)16-8-6-13(29-16)11-17-19(26)21(20(30)31-17)9-3-1-2-4-18(24)25/h5-8,10-11,23H,1-4,9H2,(H,24,25). The van der Waals surface area contributed by atoms with Crippen molar-refractivity contribution in [3.63, 3.8) is 0 Å². The van der Waals surface area contributed by atoms with Gasteiger partial charge >= 0.3 is 5.97 Å². The highest BCUT2D eigenvalue weighted by Crippen LogP contribution is 2.36. The molecule has 11 heteroatoms. The number of carboxylic acids is 1. The zero-order valence-electron chi connectivity index (χ0n) is 16.1.